The maximum atomic E-state index is 6.72. The highest BCUT2D eigenvalue weighted by Crippen LogP contribution is 2.36. The van der Waals surface area contributed by atoms with Crippen LogP contribution in [-0.4, -0.2) is 0 Å². The van der Waals surface area contributed by atoms with Crippen molar-refractivity contribution < 1.29 is 4.42 Å². The molecule has 0 spiro atoms. The minimum Gasteiger partial charge on any atom is -0.466 e. The number of hydrogen-bond donors (Lipinski definition) is 0. The van der Waals surface area contributed by atoms with Gasteiger partial charge in [-0.05, 0) is 55.9 Å². The van der Waals surface area contributed by atoms with Gasteiger partial charge in [0.25, 0.3) is 0 Å². The molecular weight excluding hydrogens is 268 g/mol. The van der Waals surface area contributed by atoms with Gasteiger partial charge in [-0.25, -0.2) is 0 Å². The molecule has 0 saturated heterocycles. The largest absolute Gasteiger partial charge is 0.466 e. The SMILES string of the molecule is CCc1ccc(C(Cl)c2c(C)oc(C)c2C)cc1CC. The summed E-state index contributed by atoms with van der Waals surface area (Å²) in [6.45, 7) is 10.5. The number of alkyl halides is 1. The van der Waals surface area contributed by atoms with E-state index >= 15 is 0 Å². The molecule has 0 N–H and O–H groups in total. The zero-order chi connectivity index (χ0) is 14.9. The average Bonchev–Trinajstić information content (AvgIpc) is 2.70. The van der Waals surface area contributed by atoms with E-state index in [-0.39, 0.29) is 5.38 Å². The first-order valence-electron chi connectivity index (χ1n) is 7.31. The van der Waals surface area contributed by atoms with Gasteiger partial charge >= 0.3 is 0 Å². The molecule has 0 bridgehead atoms. The standard InChI is InChI=1S/C18H23ClO/c1-6-14-8-9-16(10-15(14)7-2)18(19)17-11(3)12(4)20-13(17)5/h8-10,18H,6-7H2,1-5H3. The average molecular weight is 291 g/mol. The van der Waals surface area contributed by atoms with Crippen molar-refractivity contribution in [3.63, 3.8) is 0 Å². The number of hydrogen-bond acceptors (Lipinski definition) is 1. The lowest BCUT2D eigenvalue weighted by molar-refractivity contribution is 0.500. The predicted molar refractivity (Wildman–Crippen MR) is 85.8 cm³/mol. The minimum atomic E-state index is -0.136. The fourth-order valence-corrected chi connectivity index (χ4v) is 3.28. The van der Waals surface area contributed by atoms with Gasteiger partial charge in [0.1, 0.15) is 11.5 Å². The highest BCUT2D eigenvalue weighted by Gasteiger charge is 2.21. The van der Waals surface area contributed by atoms with Crippen LogP contribution in [0.3, 0.4) is 0 Å². The number of aryl methyl sites for hydroxylation is 4. The fourth-order valence-electron chi connectivity index (χ4n) is 2.83. The summed E-state index contributed by atoms with van der Waals surface area (Å²) in [5.41, 5.74) is 6.26. The molecule has 1 aromatic carbocycles. The first-order valence-corrected chi connectivity index (χ1v) is 7.75. The molecule has 2 heteroatoms. The zero-order valence-electron chi connectivity index (χ0n) is 13.0. The van der Waals surface area contributed by atoms with E-state index in [4.69, 9.17) is 16.0 Å². The maximum Gasteiger partial charge on any atom is 0.106 e. The molecule has 2 rings (SSSR count). The summed E-state index contributed by atoms with van der Waals surface area (Å²) in [5, 5.41) is -0.136. The molecule has 0 aliphatic carbocycles. The van der Waals surface area contributed by atoms with Crippen LogP contribution in [0.4, 0.5) is 0 Å². The first kappa shape index (κ1) is 15.2. The van der Waals surface area contributed by atoms with E-state index < -0.39 is 0 Å². The molecule has 1 unspecified atom stereocenters. The molecule has 0 fully saturated rings. The van der Waals surface area contributed by atoms with Gasteiger partial charge in [0.2, 0.25) is 0 Å². The maximum absolute atomic E-state index is 6.72. The molecule has 1 heterocycles. The second kappa shape index (κ2) is 6.05. The van der Waals surface area contributed by atoms with Gasteiger partial charge in [0.05, 0.1) is 5.38 Å². The summed E-state index contributed by atoms with van der Waals surface area (Å²) < 4.78 is 5.70. The van der Waals surface area contributed by atoms with Crippen molar-refractivity contribution in [1.29, 1.82) is 0 Å². The molecule has 1 atom stereocenters. The number of benzene rings is 1. The third-order valence-corrected chi connectivity index (χ3v) is 4.63. The van der Waals surface area contributed by atoms with Crippen molar-refractivity contribution in [3.8, 4) is 0 Å². The summed E-state index contributed by atoms with van der Waals surface area (Å²) in [4.78, 5) is 0. The molecule has 0 radical (unpaired) electrons. The lowest BCUT2D eigenvalue weighted by atomic mass is 9.95. The van der Waals surface area contributed by atoms with Crippen molar-refractivity contribution in [2.75, 3.05) is 0 Å². The lowest BCUT2D eigenvalue weighted by Gasteiger charge is -2.14. The smallest absolute Gasteiger partial charge is 0.106 e. The van der Waals surface area contributed by atoms with Crippen LogP contribution < -0.4 is 0 Å². The van der Waals surface area contributed by atoms with E-state index in [2.05, 4.69) is 39.0 Å². The van der Waals surface area contributed by atoms with Crippen LogP contribution in [0.15, 0.2) is 22.6 Å². The van der Waals surface area contributed by atoms with E-state index in [1.165, 1.54) is 16.7 Å². The van der Waals surface area contributed by atoms with E-state index in [0.717, 1.165) is 35.5 Å². The van der Waals surface area contributed by atoms with Crippen molar-refractivity contribution in [1.82, 2.24) is 0 Å². The molecule has 1 nitrogen and oxygen atoms in total. The molecule has 2 aromatic rings. The van der Waals surface area contributed by atoms with Crippen LogP contribution in [0, 0.1) is 20.8 Å². The summed E-state index contributed by atoms with van der Waals surface area (Å²) >= 11 is 6.72. The van der Waals surface area contributed by atoms with Crippen molar-refractivity contribution in [2.24, 2.45) is 0 Å². The van der Waals surface area contributed by atoms with Gasteiger partial charge in [-0.3, -0.25) is 0 Å². The normalized spacial score (nSPS) is 12.7. The Balaban J connectivity index is 2.45. The van der Waals surface area contributed by atoms with Gasteiger partial charge in [-0.1, -0.05) is 32.0 Å². The quantitative estimate of drug-likeness (QED) is 0.662. The predicted octanol–water partition coefficient (Wildman–Crippen LogP) is 5.66. The lowest BCUT2D eigenvalue weighted by Crippen LogP contribution is -1.99. The molecule has 0 saturated carbocycles. The van der Waals surface area contributed by atoms with E-state index in [1.807, 2.05) is 13.8 Å². The van der Waals surface area contributed by atoms with Gasteiger partial charge < -0.3 is 4.42 Å². The minimum absolute atomic E-state index is 0.136. The first-order chi connectivity index (χ1) is 9.49. The van der Waals surface area contributed by atoms with Gasteiger partial charge in [0.15, 0.2) is 0 Å². The van der Waals surface area contributed by atoms with E-state index in [1.54, 1.807) is 0 Å². The Hall–Kier alpha value is -1.21. The Morgan fingerprint density at radius 1 is 1.00 bits per heavy atom. The highest BCUT2D eigenvalue weighted by atomic mass is 35.5. The Morgan fingerprint density at radius 2 is 1.65 bits per heavy atom. The summed E-state index contributed by atoms with van der Waals surface area (Å²) in [6.07, 6.45) is 2.11. The van der Waals surface area contributed by atoms with Crippen LogP contribution in [0.5, 0.6) is 0 Å². The van der Waals surface area contributed by atoms with E-state index in [0.29, 0.717) is 0 Å². The van der Waals surface area contributed by atoms with Crippen molar-refractivity contribution in [3.05, 3.63) is 57.5 Å². The van der Waals surface area contributed by atoms with Crippen LogP contribution >= 0.6 is 11.6 Å². The monoisotopic (exact) mass is 290 g/mol. The van der Waals surface area contributed by atoms with E-state index in [9.17, 15) is 0 Å². The second-order valence-corrected chi connectivity index (χ2v) is 5.79. The summed E-state index contributed by atoms with van der Waals surface area (Å²) in [5.74, 6) is 1.89. The molecule has 0 aliphatic rings. The Bertz CT molecular complexity index is 610. The Morgan fingerprint density at radius 3 is 2.15 bits per heavy atom. The van der Waals surface area contributed by atoms with Gasteiger partial charge in [-0.15, -0.1) is 11.6 Å². The van der Waals surface area contributed by atoms with Crippen molar-refractivity contribution in [2.45, 2.75) is 52.8 Å². The second-order valence-electron chi connectivity index (χ2n) is 5.35. The van der Waals surface area contributed by atoms with Crippen LogP contribution in [0.2, 0.25) is 0 Å². The fraction of sp³-hybridized carbons (Fsp3) is 0.444. The Kier molecular flexibility index (Phi) is 4.59. The molecule has 0 aliphatic heterocycles. The number of rotatable bonds is 4. The molecule has 108 valence electrons. The number of halogens is 1. The molecule has 1 aromatic heterocycles. The number of furan rings is 1. The van der Waals surface area contributed by atoms with Crippen LogP contribution in [0.25, 0.3) is 0 Å². The molecule has 20 heavy (non-hydrogen) atoms. The van der Waals surface area contributed by atoms with Gasteiger partial charge in [-0.2, -0.15) is 0 Å². The van der Waals surface area contributed by atoms with Crippen LogP contribution in [0.1, 0.15) is 58.6 Å². The third kappa shape index (κ3) is 2.64. The Labute approximate surface area is 127 Å². The molecule has 0 amide bonds. The highest BCUT2D eigenvalue weighted by molar-refractivity contribution is 6.22. The van der Waals surface area contributed by atoms with Crippen LogP contribution in [-0.2, 0) is 12.8 Å². The van der Waals surface area contributed by atoms with Gasteiger partial charge in [0, 0.05) is 5.56 Å². The molecular formula is C18H23ClO. The third-order valence-electron chi connectivity index (χ3n) is 4.16. The summed E-state index contributed by atoms with van der Waals surface area (Å²) in [7, 11) is 0. The van der Waals surface area contributed by atoms with Crippen molar-refractivity contribution >= 4 is 11.6 Å². The topological polar surface area (TPSA) is 13.1 Å². The summed E-state index contributed by atoms with van der Waals surface area (Å²) in [6, 6.07) is 6.61. The zero-order valence-corrected chi connectivity index (χ0v) is 13.8.